The maximum atomic E-state index is 12.5. The summed E-state index contributed by atoms with van der Waals surface area (Å²) in [6, 6.07) is 19.8. The molecule has 178 valence electrons. The van der Waals surface area contributed by atoms with E-state index in [1.807, 2.05) is 19.1 Å². The van der Waals surface area contributed by atoms with Gasteiger partial charge in [-0.3, -0.25) is 14.4 Å². The Balaban J connectivity index is 1.29. The zero-order valence-electron chi connectivity index (χ0n) is 18.9. The van der Waals surface area contributed by atoms with Crippen molar-refractivity contribution >= 4 is 40.9 Å². The van der Waals surface area contributed by atoms with E-state index < -0.39 is 30.2 Å². The molecule has 0 N–H and O–H groups in total. The van der Waals surface area contributed by atoms with Gasteiger partial charge in [0.25, 0.3) is 0 Å². The van der Waals surface area contributed by atoms with Crippen molar-refractivity contribution in [3.8, 4) is 5.75 Å². The van der Waals surface area contributed by atoms with Crippen molar-refractivity contribution in [1.82, 2.24) is 0 Å². The lowest BCUT2D eigenvalue weighted by Crippen LogP contribution is -2.27. The number of rotatable bonds is 7. The molecule has 0 spiro atoms. The van der Waals surface area contributed by atoms with Crippen LogP contribution in [0.4, 0.5) is 5.69 Å². The molecule has 1 heterocycles. The Morgan fingerprint density at radius 3 is 2.34 bits per heavy atom. The number of aryl methyl sites for hydroxylation is 1. The van der Waals surface area contributed by atoms with Gasteiger partial charge in [-0.1, -0.05) is 35.4 Å². The molecule has 0 saturated carbocycles. The number of amides is 1. The highest BCUT2D eigenvalue weighted by Crippen LogP contribution is 2.27. The van der Waals surface area contributed by atoms with Crippen LogP contribution in [0.1, 0.15) is 32.7 Å². The first-order valence-corrected chi connectivity index (χ1v) is 11.3. The number of nitrogens with zero attached hydrogens (tertiary/aromatic N) is 1. The monoisotopic (exact) mass is 491 g/mol. The summed E-state index contributed by atoms with van der Waals surface area (Å²) in [7, 11) is 0. The predicted octanol–water partition coefficient (Wildman–Crippen LogP) is 4.65. The molecule has 1 saturated heterocycles. The van der Waals surface area contributed by atoms with Gasteiger partial charge >= 0.3 is 11.9 Å². The average molecular weight is 492 g/mol. The average Bonchev–Trinajstić information content (AvgIpc) is 3.25. The van der Waals surface area contributed by atoms with Gasteiger partial charge in [0.05, 0.1) is 11.5 Å². The zero-order valence-corrected chi connectivity index (χ0v) is 19.7. The maximum Gasteiger partial charge on any atom is 0.343 e. The van der Waals surface area contributed by atoms with Gasteiger partial charge in [-0.2, -0.15) is 0 Å². The van der Waals surface area contributed by atoms with Crippen LogP contribution in [0.25, 0.3) is 0 Å². The molecule has 8 heteroatoms. The first-order valence-electron chi connectivity index (χ1n) is 10.9. The normalized spacial score (nSPS) is 15.1. The number of carbonyl (C=O) groups excluding carboxylic acids is 4. The summed E-state index contributed by atoms with van der Waals surface area (Å²) in [5.41, 5.74) is 2.36. The summed E-state index contributed by atoms with van der Waals surface area (Å²) >= 11 is 5.99. The topological polar surface area (TPSA) is 90.0 Å². The predicted molar refractivity (Wildman–Crippen MR) is 130 cm³/mol. The Bertz CT molecular complexity index is 1270. The fourth-order valence-corrected chi connectivity index (χ4v) is 3.85. The molecule has 0 radical (unpaired) electrons. The Hall–Kier alpha value is -3.97. The van der Waals surface area contributed by atoms with Crippen molar-refractivity contribution in [2.45, 2.75) is 13.3 Å². The summed E-state index contributed by atoms with van der Waals surface area (Å²) in [5.74, 6) is -2.12. The van der Waals surface area contributed by atoms with Crippen molar-refractivity contribution in [3.05, 3.63) is 94.5 Å². The van der Waals surface area contributed by atoms with Gasteiger partial charge < -0.3 is 14.4 Å². The minimum Gasteiger partial charge on any atom is -0.457 e. The molecule has 0 aromatic heterocycles. The van der Waals surface area contributed by atoms with Crippen LogP contribution >= 0.6 is 11.6 Å². The summed E-state index contributed by atoms with van der Waals surface area (Å²) in [6.45, 7) is 1.63. The van der Waals surface area contributed by atoms with Crippen LogP contribution in [-0.2, 0) is 14.3 Å². The van der Waals surface area contributed by atoms with Gasteiger partial charge in [-0.25, -0.2) is 4.79 Å². The molecular weight excluding hydrogens is 470 g/mol. The molecule has 7 nitrogen and oxygen atoms in total. The molecule has 1 aliphatic heterocycles. The van der Waals surface area contributed by atoms with E-state index in [0.29, 0.717) is 21.8 Å². The first kappa shape index (κ1) is 24.2. The highest BCUT2D eigenvalue weighted by atomic mass is 35.5. The molecule has 1 amide bonds. The van der Waals surface area contributed by atoms with Gasteiger partial charge in [-0.05, 0) is 61.5 Å². The second-order valence-electron chi connectivity index (χ2n) is 8.20. The number of ether oxygens (including phenoxy) is 2. The SMILES string of the molecule is Cc1ccc(C(=O)Oc2ccc(C(=O)COC(=O)[C@@H]3CC(=O)N(c4cccc(Cl)c4)C3)cc2)cc1. The Morgan fingerprint density at radius 2 is 1.66 bits per heavy atom. The fraction of sp³-hybridized carbons (Fsp3) is 0.185. The minimum atomic E-state index is -0.669. The molecular formula is C27H22ClNO6. The van der Waals surface area contributed by atoms with Gasteiger partial charge in [0.2, 0.25) is 5.91 Å². The number of esters is 2. The third-order valence-corrected chi connectivity index (χ3v) is 5.83. The molecule has 0 bridgehead atoms. The lowest BCUT2D eigenvalue weighted by atomic mass is 10.1. The molecule has 4 rings (SSSR count). The van der Waals surface area contributed by atoms with Gasteiger partial charge in [-0.15, -0.1) is 0 Å². The Kier molecular flexibility index (Phi) is 7.27. The number of hydrogen-bond donors (Lipinski definition) is 0. The second-order valence-corrected chi connectivity index (χ2v) is 8.63. The largest absolute Gasteiger partial charge is 0.457 e. The highest BCUT2D eigenvalue weighted by molar-refractivity contribution is 6.31. The zero-order chi connectivity index (χ0) is 24.9. The van der Waals surface area contributed by atoms with E-state index >= 15 is 0 Å². The van der Waals surface area contributed by atoms with Crippen LogP contribution in [0.3, 0.4) is 0 Å². The van der Waals surface area contributed by atoms with Gasteiger partial charge in [0, 0.05) is 29.2 Å². The van der Waals surface area contributed by atoms with Crippen molar-refractivity contribution < 1.29 is 28.7 Å². The smallest absolute Gasteiger partial charge is 0.343 e. The van der Waals surface area contributed by atoms with Crippen LogP contribution in [0.15, 0.2) is 72.8 Å². The Labute approximate surface area is 207 Å². The lowest BCUT2D eigenvalue weighted by molar-refractivity contribution is -0.147. The van der Waals surface area contributed by atoms with Crippen molar-refractivity contribution in [2.75, 3.05) is 18.1 Å². The fourth-order valence-electron chi connectivity index (χ4n) is 3.66. The van der Waals surface area contributed by atoms with Crippen LogP contribution in [0.2, 0.25) is 5.02 Å². The number of hydrogen-bond acceptors (Lipinski definition) is 6. The summed E-state index contributed by atoms with van der Waals surface area (Å²) in [6.07, 6.45) is 0.000580. The van der Waals surface area contributed by atoms with Crippen molar-refractivity contribution in [2.24, 2.45) is 5.92 Å². The number of halogens is 1. The molecule has 1 aliphatic rings. The molecule has 35 heavy (non-hydrogen) atoms. The van der Waals surface area contributed by atoms with E-state index in [9.17, 15) is 19.2 Å². The first-order chi connectivity index (χ1) is 16.8. The lowest BCUT2D eigenvalue weighted by Gasteiger charge is -2.16. The standard InChI is InChI=1S/C27H22ClNO6/c1-17-5-7-19(8-6-17)27(33)35-23-11-9-18(10-12-23)24(30)16-34-26(32)20-13-25(31)29(15-20)22-4-2-3-21(28)14-22/h2-12,14,20H,13,15-16H2,1H3/t20-/m1/s1. The second kappa shape index (κ2) is 10.5. The van der Waals surface area contributed by atoms with Crippen molar-refractivity contribution in [1.29, 1.82) is 0 Å². The number of ketones is 1. The van der Waals surface area contributed by atoms with Crippen LogP contribution < -0.4 is 9.64 Å². The molecule has 1 fully saturated rings. The van der Waals surface area contributed by atoms with Crippen LogP contribution in [0.5, 0.6) is 5.75 Å². The van der Waals surface area contributed by atoms with E-state index in [1.165, 1.54) is 29.2 Å². The minimum absolute atomic E-state index is 0.000580. The van der Waals surface area contributed by atoms with Crippen LogP contribution in [-0.4, -0.2) is 36.8 Å². The molecule has 3 aromatic carbocycles. The molecule has 0 aliphatic carbocycles. The quantitative estimate of drug-likeness (QED) is 0.271. The maximum absolute atomic E-state index is 12.5. The van der Waals surface area contributed by atoms with Gasteiger partial charge in [0.1, 0.15) is 5.75 Å². The third kappa shape index (κ3) is 5.94. The summed E-state index contributed by atoms with van der Waals surface area (Å²) in [4.78, 5) is 51.0. The molecule has 1 atom stereocenters. The summed E-state index contributed by atoms with van der Waals surface area (Å²) in [5, 5.41) is 0.489. The summed E-state index contributed by atoms with van der Waals surface area (Å²) < 4.78 is 10.5. The number of Topliss-reactive ketones (excluding diaryl/α,β-unsaturated/α-hetero) is 1. The van der Waals surface area contributed by atoms with E-state index in [-0.39, 0.29) is 24.6 Å². The van der Waals surface area contributed by atoms with E-state index in [0.717, 1.165) is 5.56 Å². The third-order valence-electron chi connectivity index (χ3n) is 5.60. The number of anilines is 1. The van der Waals surface area contributed by atoms with Crippen LogP contribution in [0, 0.1) is 12.8 Å². The Morgan fingerprint density at radius 1 is 0.971 bits per heavy atom. The van der Waals surface area contributed by atoms with E-state index in [1.54, 1.807) is 36.4 Å². The number of benzene rings is 3. The molecule has 0 unspecified atom stereocenters. The van der Waals surface area contributed by atoms with E-state index in [2.05, 4.69) is 0 Å². The number of carbonyl (C=O) groups is 4. The highest BCUT2D eigenvalue weighted by Gasteiger charge is 2.36. The molecule has 3 aromatic rings. The van der Waals surface area contributed by atoms with Crippen molar-refractivity contribution in [3.63, 3.8) is 0 Å². The van der Waals surface area contributed by atoms with Gasteiger partial charge in [0.15, 0.2) is 12.4 Å². The van der Waals surface area contributed by atoms with E-state index in [4.69, 9.17) is 21.1 Å².